The standard InChI is InChI=1S/C18H19N5O3/c24-16(12-3-6-15-19-7-8-23(15)10-12)20-13-4-1-11(2-5-13)9-14-17(25)22-18(26)21-14/h1-2,4-5,7-8,12,14H,3,6,9-10H2,(H,20,24)(H2,21,22,25,26). The van der Waals surface area contributed by atoms with Crippen molar-refractivity contribution in [1.29, 1.82) is 0 Å². The maximum absolute atomic E-state index is 12.5. The number of nitrogens with zero attached hydrogens (tertiary/aromatic N) is 2. The largest absolute Gasteiger partial charge is 0.334 e. The van der Waals surface area contributed by atoms with Gasteiger partial charge in [0.25, 0.3) is 5.91 Å². The summed E-state index contributed by atoms with van der Waals surface area (Å²) in [7, 11) is 0. The lowest BCUT2D eigenvalue weighted by Gasteiger charge is -2.23. The van der Waals surface area contributed by atoms with Gasteiger partial charge in [0.15, 0.2) is 0 Å². The van der Waals surface area contributed by atoms with Crippen LogP contribution in [0.2, 0.25) is 0 Å². The van der Waals surface area contributed by atoms with Crippen molar-refractivity contribution in [2.45, 2.75) is 31.8 Å². The second kappa shape index (κ2) is 6.62. The van der Waals surface area contributed by atoms with E-state index in [0.29, 0.717) is 13.0 Å². The predicted molar refractivity (Wildman–Crippen MR) is 93.3 cm³/mol. The highest BCUT2D eigenvalue weighted by atomic mass is 16.2. The average molecular weight is 353 g/mol. The number of rotatable bonds is 4. The monoisotopic (exact) mass is 353 g/mol. The van der Waals surface area contributed by atoms with Gasteiger partial charge in [0.05, 0.1) is 5.92 Å². The van der Waals surface area contributed by atoms with E-state index in [4.69, 9.17) is 0 Å². The smallest absolute Gasteiger partial charge is 0.322 e. The van der Waals surface area contributed by atoms with Crippen LogP contribution in [-0.2, 0) is 29.0 Å². The normalized spacial score (nSPS) is 21.7. The second-order valence-corrected chi connectivity index (χ2v) is 6.64. The Kier molecular flexibility index (Phi) is 4.16. The Hall–Kier alpha value is -3.16. The molecule has 2 aliphatic heterocycles. The molecule has 0 bridgehead atoms. The van der Waals surface area contributed by atoms with Crippen LogP contribution in [0.5, 0.6) is 0 Å². The Labute approximate surface area is 150 Å². The molecule has 4 amide bonds. The number of carbonyl (C=O) groups is 3. The highest BCUT2D eigenvalue weighted by molar-refractivity contribution is 6.04. The summed E-state index contributed by atoms with van der Waals surface area (Å²) in [5.41, 5.74) is 1.63. The number of anilines is 1. The van der Waals surface area contributed by atoms with E-state index in [9.17, 15) is 14.4 Å². The molecule has 1 saturated heterocycles. The summed E-state index contributed by atoms with van der Waals surface area (Å²) in [6.07, 6.45) is 5.68. The van der Waals surface area contributed by atoms with E-state index < -0.39 is 12.1 Å². The molecule has 1 aromatic heterocycles. The third-order valence-electron chi connectivity index (χ3n) is 4.83. The van der Waals surface area contributed by atoms with E-state index in [1.165, 1.54) is 0 Å². The first kappa shape index (κ1) is 16.3. The van der Waals surface area contributed by atoms with E-state index >= 15 is 0 Å². The zero-order chi connectivity index (χ0) is 18.1. The number of hydrogen-bond acceptors (Lipinski definition) is 4. The molecule has 8 nitrogen and oxygen atoms in total. The molecule has 0 aliphatic carbocycles. The van der Waals surface area contributed by atoms with Crippen molar-refractivity contribution in [2.24, 2.45) is 5.92 Å². The molecule has 8 heteroatoms. The fourth-order valence-electron chi connectivity index (χ4n) is 3.39. The van der Waals surface area contributed by atoms with E-state index in [1.54, 1.807) is 6.20 Å². The number of nitrogens with one attached hydrogen (secondary N) is 3. The van der Waals surface area contributed by atoms with Crippen molar-refractivity contribution in [1.82, 2.24) is 20.2 Å². The van der Waals surface area contributed by atoms with E-state index in [2.05, 4.69) is 20.9 Å². The van der Waals surface area contributed by atoms with Crippen molar-refractivity contribution in [3.8, 4) is 0 Å². The van der Waals surface area contributed by atoms with Gasteiger partial charge in [-0.3, -0.25) is 14.9 Å². The number of aromatic nitrogens is 2. The first-order chi connectivity index (χ1) is 12.6. The first-order valence-corrected chi connectivity index (χ1v) is 8.59. The van der Waals surface area contributed by atoms with Crippen LogP contribution in [0.25, 0.3) is 0 Å². The Morgan fingerprint density at radius 1 is 1.27 bits per heavy atom. The fourth-order valence-corrected chi connectivity index (χ4v) is 3.39. The quantitative estimate of drug-likeness (QED) is 0.708. The molecule has 1 aromatic carbocycles. The number of urea groups is 1. The molecule has 2 aromatic rings. The van der Waals surface area contributed by atoms with Gasteiger partial charge in [0, 0.05) is 37.5 Å². The van der Waals surface area contributed by atoms with Crippen molar-refractivity contribution < 1.29 is 14.4 Å². The van der Waals surface area contributed by atoms with Crippen LogP contribution >= 0.6 is 0 Å². The summed E-state index contributed by atoms with van der Waals surface area (Å²) in [5, 5.41) is 7.73. The van der Waals surface area contributed by atoms with Crippen molar-refractivity contribution in [3.05, 3.63) is 48.0 Å². The summed E-state index contributed by atoms with van der Waals surface area (Å²) < 4.78 is 2.03. The SMILES string of the molecule is O=C1NC(=O)C(Cc2ccc(NC(=O)C3CCc4nccn4C3)cc2)N1. The fraction of sp³-hybridized carbons (Fsp3) is 0.333. The lowest BCUT2D eigenvalue weighted by molar-refractivity contribution is -0.121. The van der Waals surface area contributed by atoms with Crippen molar-refractivity contribution in [3.63, 3.8) is 0 Å². The minimum atomic E-state index is -0.547. The van der Waals surface area contributed by atoms with Gasteiger partial charge in [-0.15, -0.1) is 0 Å². The minimum Gasteiger partial charge on any atom is -0.334 e. The number of amides is 4. The zero-order valence-electron chi connectivity index (χ0n) is 14.1. The Morgan fingerprint density at radius 2 is 2.08 bits per heavy atom. The summed E-state index contributed by atoms with van der Waals surface area (Å²) in [4.78, 5) is 39.5. The van der Waals surface area contributed by atoms with Gasteiger partial charge in [0.1, 0.15) is 11.9 Å². The molecular weight excluding hydrogens is 334 g/mol. The van der Waals surface area contributed by atoms with E-state index in [1.807, 2.05) is 35.0 Å². The second-order valence-electron chi connectivity index (χ2n) is 6.64. The van der Waals surface area contributed by atoms with Gasteiger partial charge >= 0.3 is 6.03 Å². The number of imide groups is 1. The number of carbonyl (C=O) groups excluding carboxylic acids is 3. The summed E-state index contributed by atoms with van der Waals surface area (Å²) in [6, 6.07) is 6.32. The first-order valence-electron chi connectivity index (χ1n) is 8.59. The summed E-state index contributed by atoms with van der Waals surface area (Å²) >= 11 is 0. The van der Waals surface area contributed by atoms with Gasteiger partial charge < -0.3 is 15.2 Å². The molecule has 0 saturated carbocycles. The molecule has 4 rings (SSSR count). The highest BCUT2D eigenvalue weighted by Crippen LogP contribution is 2.21. The number of hydrogen-bond donors (Lipinski definition) is 3. The predicted octanol–water partition coefficient (Wildman–Crippen LogP) is 0.835. The maximum atomic E-state index is 12.5. The molecule has 3 N–H and O–H groups in total. The summed E-state index contributed by atoms with van der Waals surface area (Å²) in [5.74, 6) is 0.637. The lowest BCUT2D eigenvalue weighted by atomic mass is 9.98. The number of imidazole rings is 1. The zero-order valence-corrected chi connectivity index (χ0v) is 14.1. The Bertz CT molecular complexity index is 858. The molecule has 26 heavy (non-hydrogen) atoms. The van der Waals surface area contributed by atoms with Crippen LogP contribution in [0.3, 0.4) is 0 Å². The molecule has 0 radical (unpaired) electrons. The highest BCUT2D eigenvalue weighted by Gasteiger charge is 2.29. The maximum Gasteiger partial charge on any atom is 0.322 e. The molecular formula is C18H19N5O3. The molecule has 3 heterocycles. The van der Waals surface area contributed by atoms with Gasteiger partial charge in [-0.1, -0.05) is 12.1 Å². The number of benzene rings is 1. The Morgan fingerprint density at radius 3 is 2.81 bits per heavy atom. The van der Waals surface area contributed by atoms with Crippen molar-refractivity contribution in [2.75, 3.05) is 5.32 Å². The lowest BCUT2D eigenvalue weighted by Crippen LogP contribution is -2.31. The van der Waals surface area contributed by atoms with Crippen LogP contribution < -0.4 is 16.0 Å². The van der Waals surface area contributed by atoms with E-state index in [0.717, 1.165) is 29.9 Å². The van der Waals surface area contributed by atoms with Crippen LogP contribution in [0.15, 0.2) is 36.7 Å². The van der Waals surface area contributed by atoms with E-state index in [-0.39, 0.29) is 17.7 Å². The number of aryl methyl sites for hydroxylation is 1. The van der Waals surface area contributed by atoms with Gasteiger partial charge in [0.2, 0.25) is 5.91 Å². The summed E-state index contributed by atoms with van der Waals surface area (Å²) in [6.45, 7) is 0.649. The van der Waals surface area contributed by atoms with Crippen LogP contribution in [-0.4, -0.2) is 33.4 Å². The minimum absolute atomic E-state index is 0.000431. The van der Waals surface area contributed by atoms with Crippen LogP contribution in [0.4, 0.5) is 10.5 Å². The average Bonchev–Trinajstić information content (AvgIpc) is 3.22. The van der Waals surface area contributed by atoms with Gasteiger partial charge in [-0.2, -0.15) is 0 Å². The number of fused-ring (bicyclic) bond motifs is 1. The molecule has 0 spiro atoms. The van der Waals surface area contributed by atoms with Gasteiger partial charge in [-0.25, -0.2) is 9.78 Å². The molecule has 2 atom stereocenters. The molecule has 2 unspecified atom stereocenters. The van der Waals surface area contributed by atoms with Crippen LogP contribution in [0.1, 0.15) is 17.8 Å². The topological polar surface area (TPSA) is 105 Å². The van der Waals surface area contributed by atoms with Crippen molar-refractivity contribution >= 4 is 23.5 Å². The molecule has 2 aliphatic rings. The van der Waals surface area contributed by atoms with Crippen LogP contribution in [0, 0.1) is 5.92 Å². The Balaban J connectivity index is 1.35. The third kappa shape index (κ3) is 3.30. The van der Waals surface area contributed by atoms with Gasteiger partial charge in [-0.05, 0) is 24.1 Å². The molecule has 134 valence electrons. The third-order valence-corrected chi connectivity index (χ3v) is 4.83. The molecule has 1 fully saturated rings.